The summed E-state index contributed by atoms with van der Waals surface area (Å²) in [5, 5.41) is 2.78. The highest BCUT2D eigenvalue weighted by atomic mass is 35.5. The van der Waals surface area contributed by atoms with Crippen molar-refractivity contribution in [2.45, 2.75) is 18.9 Å². The molecule has 106 valence electrons. The molecule has 0 aliphatic heterocycles. The van der Waals surface area contributed by atoms with Crippen LogP contribution in [-0.4, -0.2) is 29.0 Å². The Morgan fingerprint density at radius 1 is 1.53 bits per heavy atom. The standard InChI is InChI=1S/C12H18N4O2.ClH/c1-16-6-8(11(14)17)4-10(16)12(18)15-5-9(13)7-2-3-7;/h4,6-7,9H,2-3,5,13H2,1H3,(H2,14,17)(H,15,18);1H. The number of nitrogens with zero attached hydrogens (tertiary/aromatic N) is 1. The molecule has 1 aromatic heterocycles. The van der Waals surface area contributed by atoms with Crippen molar-refractivity contribution in [1.29, 1.82) is 0 Å². The van der Waals surface area contributed by atoms with Crippen molar-refractivity contribution in [2.24, 2.45) is 24.4 Å². The number of nitrogens with two attached hydrogens (primary N) is 2. The number of aromatic nitrogens is 1. The lowest BCUT2D eigenvalue weighted by Gasteiger charge is -2.11. The lowest BCUT2D eigenvalue weighted by Crippen LogP contribution is -2.39. The highest BCUT2D eigenvalue weighted by molar-refractivity contribution is 5.98. The number of carbonyl (C=O) groups is 2. The molecule has 1 aliphatic carbocycles. The molecular formula is C12H19ClN4O2. The Morgan fingerprint density at radius 3 is 2.63 bits per heavy atom. The maximum absolute atomic E-state index is 11.9. The molecule has 19 heavy (non-hydrogen) atoms. The lowest BCUT2D eigenvalue weighted by atomic mass is 10.2. The summed E-state index contributed by atoms with van der Waals surface area (Å²) < 4.78 is 1.58. The maximum atomic E-state index is 11.9. The second-order valence-electron chi connectivity index (χ2n) is 4.80. The molecule has 1 aliphatic rings. The van der Waals surface area contributed by atoms with Crippen molar-refractivity contribution in [3.05, 3.63) is 23.5 Å². The molecule has 1 heterocycles. The second-order valence-corrected chi connectivity index (χ2v) is 4.80. The monoisotopic (exact) mass is 286 g/mol. The fourth-order valence-electron chi connectivity index (χ4n) is 1.92. The van der Waals surface area contributed by atoms with Gasteiger partial charge in [-0.3, -0.25) is 9.59 Å². The van der Waals surface area contributed by atoms with Crippen LogP contribution in [0.5, 0.6) is 0 Å². The van der Waals surface area contributed by atoms with Crippen molar-refractivity contribution in [3.63, 3.8) is 0 Å². The van der Waals surface area contributed by atoms with Gasteiger partial charge in [0, 0.05) is 25.8 Å². The van der Waals surface area contributed by atoms with Gasteiger partial charge in [-0.1, -0.05) is 0 Å². The molecular weight excluding hydrogens is 268 g/mol. The van der Waals surface area contributed by atoms with Gasteiger partial charge in [-0.15, -0.1) is 12.4 Å². The summed E-state index contributed by atoms with van der Waals surface area (Å²) in [4.78, 5) is 22.9. The van der Waals surface area contributed by atoms with E-state index < -0.39 is 5.91 Å². The van der Waals surface area contributed by atoms with E-state index in [2.05, 4.69) is 5.32 Å². The first-order chi connectivity index (χ1) is 8.49. The van der Waals surface area contributed by atoms with Crippen molar-refractivity contribution in [1.82, 2.24) is 9.88 Å². The first-order valence-corrected chi connectivity index (χ1v) is 5.99. The molecule has 2 rings (SSSR count). The molecule has 1 saturated carbocycles. The average molecular weight is 287 g/mol. The molecule has 0 aromatic carbocycles. The zero-order valence-corrected chi connectivity index (χ0v) is 11.6. The van der Waals surface area contributed by atoms with Gasteiger partial charge in [0.2, 0.25) is 5.91 Å². The van der Waals surface area contributed by atoms with E-state index in [0.29, 0.717) is 23.7 Å². The third-order valence-corrected chi connectivity index (χ3v) is 3.25. The predicted molar refractivity (Wildman–Crippen MR) is 74.2 cm³/mol. The summed E-state index contributed by atoms with van der Waals surface area (Å²) in [6.45, 7) is 0.459. The Hall–Kier alpha value is -1.53. The van der Waals surface area contributed by atoms with Gasteiger partial charge in [-0.25, -0.2) is 0 Å². The molecule has 0 radical (unpaired) electrons. The lowest BCUT2D eigenvalue weighted by molar-refractivity contribution is 0.0942. The van der Waals surface area contributed by atoms with E-state index in [0.717, 1.165) is 12.8 Å². The summed E-state index contributed by atoms with van der Waals surface area (Å²) in [5.74, 6) is -0.236. The van der Waals surface area contributed by atoms with Gasteiger partial charge in [-0.05, 0) is 24.8 Å². The fourth-order valence-corrected chi connectivity index (χ4v) is 1.92. The van der Waals surface area contributed by atoms with Crippen molar-refractivity contribution >= 4 is 24.2 Å². The smallest absolute Gasteiger partial charge is 0.267 e. The highest BCUT2D eigenvalue weighted by Crippen LogP contribution is 2.31. The van der Waals surface area contributed by atoms with Crippen LogP contribution in [0.3, 0.4) is 0 Å². The number of primary amides is 1. The van der Waals surface area contributed by atoms with E-state index in [1.807, 2.05) is 0 Å². The van der Waals surface area contributed by atoms with E-state index in [4.69, 9.17) is 11.5 Å². The van der Waals surface area contributed by atoms with Gasteiger partial charge in [-0.2, -0.15) is 0 Å². The molecule has 0 spiro atoms. The van der Waals surface area contributed by atoms with Gasteiger partial charge >= 0.3 is 0 Å². The number of halogens is 1. The molecule has 1 unspecified atom stereocenters. The van der Waals surface area contributed by atoms with Crippen LogP contribution in [-0.2, 0) is 7.05 Å². The van der Waals surface area contributed by atoms with Crippen molar-refractivity contribution in [2.75, 3.05) is 6.54 Å². The Balaban J connectivity index is 0.00000180. The first-order valence-electron chi connectivity index (χ1n) is 5.99. The van der Waals surface area contributed by atoms with Crippen LogP contribution in [0.25, 0.3) is 0 Å². The Kier molecular flexibility index (Phi) is 4.97. The molecule has 0 bridgehead atoms. The number of amides is 2. The predicted octanol–water partition coefficient (Wildman–Crippen LogP) is 0.0129. The molecule has 0 saturated heterocycles. The number of aryl methyl sites for hydroxylation is 1. The van der Waals surface area contributed by atoms with Gasteiger partial charge in [0.25, 0.3) is 5.91 Å². The van der Waals surface area contributed by atoms with Gasteiger partial charge in [0.1, 0.15) is 5.69 Å². The first kappa shape index (κ1) is 15.5. The van der Waals surface area contributed by atoms with E-state index in [1.54, 1.807) is 11.6 Å². The third kappa shape index (κ3) is 3.71. The van der Waals surface area contributed by atoms with Crippen LogP contribution in [0.2, 0.25) is 0 Å². The molecule has 5 N–H and O–H groups in total. The topological polar surface area (TPSA) is 103 Å². The number of carbonyl (C=O) groups excluding carboxylic acids is 2. The van der Waals surface area contributed by atoms with E-state index in [1.165, 1.54) is 12.3 Å². The SMILES string of the molecule is Cl.Cn1cc(C(N)=O)cc1C(=O)NCC(N)C1CC1. The van der Waals surface area contributed by atoms with Crippen LogP contribution in [0.4, 0.5) is 0 Å². The van der Waals surface area contributed by atoms with E-state index in [-0.39, 0.29) is 24.4 Å². The summed E-state index contributed by atoms with van der Waals surface area (Å²) in [6, 6.07) is 1.50. The molecule has 1 atom stereocenters. The van der Waals surface area contributed by atoms with Crippen molar-refractivity contribution < 1.29 is 9.59 Å². The van der Waals surface area contributed by atoms with Crippen molar-refractivity contribution in [3.8, 4) is 0 Å². The molecule has 1 fully saturated rings. The van der Waals surface area contributed by atoms with Crippen LogP contribution >= 0.6 is 12.4 Å². The van der Waals surface area contributed by atoms with Crippen LogP contribution in [0.15, 0.2) is 12.3 Å². The number of hydrogen-bond donors (Lipinski definition) is 3. The Bertz CT molecular complexity index is 482. The average Bonchev–Trinajstić information content (AvgIpc) is 3.08. The molecule has 6 nitrogen and oxygen atoms in total. The minimum Gasteiger partial charge on any atom is -0.366 e. The van der Waals surface area contributed by atoms with Crippen LogP contribution in [0.1, 0.15) is 33.7 Å². The maximum Gasteiger partial charge on any atom is 0.267 e. The third-order valence-electron chi connectivity index (χ3n) is 3.25. The summed E-state index contributed by atoms with van der Waals surface area (Å²) in [5.41, 5.74) is 11.8. The molecule has 2 amide bonds. The Morgan fingerprint density at radius 2 is 2.16 bits per heavy atom. The Labute approximate surface area is 117 Å². The zero-order valence-electron chi connectivity index (χ0n) is 10.8. The number of rotatable bonds is 5. The zero-order chi connectivity index (χ0) is 13.3. The largest absolute Gasteiger partial charge is 0.366 e. The number of hydrogen-bond acceptors (Lipinski definition) is 3. The summed E-state index contributed by atoms with van der Waals surface area (Å²) in [6.07, 6.45) is 3.83. The highest BCUT2D eigenvalue weighted by Gasteiger charge is 2.28. The normalized spacial score (nSPS) is 15.5. The van der Waals surface area contributed by atoms with E-state index in [9.17, 15) is 9.59 Å². The molecule has 1 aromatic rings. The second kappa shape index (κ2) is 6.08. The summed E-state index contributed by atoms with van der Waals surface area (Å²) >= 11 is 0. The van der Waals surface area contributed by atoms with Crippen LogP contribution < -0.4 is 16.8 Å². The quantitative estimate of drug-likeness (QED) is 0.710. The minimum atomic E-state index is -0.542. The molecule has 7 heteroatoms. The van der Waals surface area contributed by atoms with Crippen LogP contribution in [0, 0.1) is 5.92 Å². The van der Waals surface area contributed by atoms with Gasteiger partial charge < -0.3 is 21.4 Å². The van der Waals surface area contributed by atoms with Gasteiger partial charge in [0.05, 0.1) is 5.56 Å². The minimum absolute atomic E-state index is 0. The summed E-state index contributed by atoms with van der Waals surface area (Å²) in [7, 11) is 1.70. The van der Waals surface area contributed by atoms with Gasteiger partial charge in [0.15, 0.2) is 0 Å². The fraction of sp³-hybridized carbons (Fsp3) is 0.500. The number of nitrogens with one attached hydrogen (secondary N) is 1. The van der Waals surface area contributed by atoms with E-state index >= 15 is 0 Å².